The van der Waals surface area contributed by atoms with Gasteiger partial charge in [0.25, 0.3) is 0 Å². The molecule has 0 aliphatic carbocycles. The van der Waals surface area contributed by atoms with Crippen LogP contribution in [0.25, 0.3) is 0 Å². The minimum atomic E-state index is -0.796. The Kier molecular flexibility index (Phi) is 3.66. The molecule has 0 aliphatic heterocycles. The van der Waals surface area contributed by atoms with E-state index in [4.69, 9.17) is 23.1 Å². The first-order valence-electron chi connectivity index (χ1n) is 4.42. The molecule has 1 unspecified atom stereocenters. The molecule has 0 aromatic heterocycles. The Hall–Kier alpha value is -1.13. The van der Waals surface area contributed by atoms with Gasteiger partial charge in [0, 0.05) is 18.0 Å². The van der Waals surface area contributed by atoms with Gasteiger partial charge in [-0.2, -0.15) is 0 Å². The Morgan fingerprint density at radius 1 is 1.60 bits per heavy atom. The number of hydrogen-bond acceptors (Lipinski definition) is 2. The number of nitrogens with two attached hydrogens (primary N) is 2. The van der Waals surface area contributed by atoms with Crippen LogP contribution in [0.3, 0.4) is 0 Å². The third-order valence-corrected chi connectivity index (χ3v) is 2.61. The number of primary amides is 1. The van der Waals surface area contributed by atoms with Gasteiger partial charge in [0.15, 0.2) is 0 Å². The summed E-state index contributed by atoms with van der Waals surface area (Å²) in [6, 6.07) is 2.03. The third kappa shape index (κ3) is 2.67. The molecule has 5 heteroatoms. The van der Waals surface area contributed by atoms with Gasteiger partial charge in [0.2, 0.25) is 5.91 Å². The first-order chi connectivity index (χ1) is 6.93. The maximum absolute atomic E-state index is 13.4. The number of amides is 1. The van der Waals surface area contributed by atoms with Crippen LogP contribution < -0.4 is 11.5 Å². The summed E-state index contributed by atoms with van der Waals surface area (Å²) in [5.74, 6) is -1.10. The minimum absolute atomic E-state index is 0.125. The summed E-state index contributed by atoms with van der Waals surface area (Å²) in [4.78, 5) is 10.7. The molecule has 1 aromatic carbocycles. The van der Waals surface area contributed by atoms with Crippen molar-refractivity contribution in [2.75, 3.05) is 0 Å². The fourth-order valence-corrected chi connectivity index (χ4v) is 1.63. The first kappa shape index (κ1) is 11.9. The lowest BCUT2D eigenvalue weighted by molar-refractivity contribution is -0.118. The second kappa shape index (κ2) is 4.59. The fraction of sp³-hybridized carbons (Fsp3) is 0.300. The van der Waals surface area contributed by atoms with Crippen molar-refractivity contribution >= 4 is 17.5 Å². The van der Waals surface area contributed by atoms with Crippen LogP contribution >= 0.6 is 11.6 Å². The third-order valence-electron chi connectivity index (χ3n) is 2.11. The highest BCUT2D eigenvalue weighted by Crippen LogP contribution is 2.29. The van der Waals surface area contributed by atoms with Crippen molar-refractivity contribution in [1.82, 2.24) is 0 Å². The van der Waals surface area contributed by atoms with Crippen molar-refractivity contribution in [3.63, 3.8) is 0 Å². The molecule has 1 rings (SSSR count). The van der Waals surface area contributed by atoms with E-state index in [1.54, 1.807) is 13.0 Å². The lowest BCUT2D eigenvalue weighted by Gasteiger charge is -2.14. The van der Waals surface area contributed by atoms with Gasteiger partial charge in [-0.1, -0.05) is 17.7 Å². The average molecular weight is 231 g/mol. The highest BCUT2D eigenvalue weighted by molar-refractivity contribution is 6.32. The molecule has 0 heterocycles. The van der Waals surface area contributed by atoms with E-state index in [1.165, 1.54) is 6.07 Å². The van der Waals surface area contributed by atoms with Gasteiger partial charge in [-0.15, -0.1) is 0 Å². The SMILES string of the molecule is Cc1ccc(F)c(C(N)CC(N)=O)c1Cl. The van der Waals surface area contributed by atoms with Crippen molar-refractivity contribution < 1.29 is 9.18 Å². The molecule has 0 aliphatic rings. The van der Waals surface area contributed by atoms with Crippen LogP contribution in [0.2, 0.25) is 5.02 Å². The molecular weight excluding hydrogens is 219 g/mol. The maximum Gasteiger partial charge on any atom is 0.219 e. The smallest absolute Gasteiger partial charge is 0.219 e. The van der Waals surface area contributed by atoms with Gasteiger partial charge < -0.3 is 11.5 Å². The standard InChI is InChI=1S/C10H12ClFN2O/c1-5-2-3-6(12)9(10(5)11)7(13)4-8(14)15/h2-3,7H,4,13H2,1H3,(H2,14,15). The monoisotopic (exact) mass is 230 g/mol. The summed E-state index contributed by atoms with van der Waals surface area (Å²) in [6.45, 7) is 1.74. The number of aryl methyl sites for hydroxylation is 1. The van der Waals surface area contributed by atoms with Crippen LogP contribution in [0.4, 0.5) is 4.39 Å². The molecule has 1 atom stereocenters. The van der Waals surface area contributed by atoms with Gasteiger partial charge in [-0.25, -0.2) is 4.39 Å². The summed E-state index contributed by atoms with van der Waals surface area (Å²) in [5.41, 5.74) is 11.5. The zero-order valence-corrected chi connectivity index (χ0v) is 9.01. The van der Waals surface area contributed by atoms with Crippen molar-refractivity contribution in [2.45, 2.75) is 19.4 Å². The normalized spacial score (nSPS) is 12.5. The van der Waals surface area contributed by atoms with E-state index in [1.807, 2.05) is 0 Å². The average Bonchev–Trinajstić information content (AvgIpc) is 2.11. The van der Waals surface area contributed by atoms with E-state index >= 15 is 0 Å². The summed E-state index contributed by atoms with van der Waals surface area (Å²) < 4.78 is 13.4. The largest absolute Gasteiger partial charge is 0.370 e. The minimum Gasteiger partial charge on any atom is -0.370 e. The van der Waals surface area contributed by atoms with Crippen LogP contribution in [0, 0.1) is 12.7 Å². The highest BCUT2D eigenvalue weighted by atomic mass is 35.5. The van der Waals surface area contributed by atoms with E-state index in [-0.39, 0.29) is 17.0 Å². The molecule has 82 valence electrons. The quantitative estimate of drug-likeness (QED) is 0.829. The summed E-state index contributed by atoms with van der Waals surface area (Å²) in [6.07, 6.45) is -0.125. The van der Waals surface area contributed by atoms with Crippen molar-refractivity contribution in [3.8, 4) is 0 Å². The van der Waals surface area contributed by atoms with Gasteiger partial charge in [-0.05, 0) is 18.6 Å². The Labute approximate surface area is 92.2 Å². The number of carbonyl (C=O) groups is 1. The molecule has 0 saturated carbocycles. The molecule has 1 amide bonds. The molecule has 0 fully saturated rings. The van der Waals surface area contributed by atoms with E-state index in [2.05, 4.69) is 0 Å². The Morgan fingerprint density at radius 3 is 2.73 bits per heavy atom. The second-order valence-electron chi connectivity index (χ2n) is 3.37. The molecule has 15 heavy (non-hydrogen) atoms. The van der Waals surface area contributed by atoms with Gasteiger partial charge >= 0.3 is 0 Å². The van der Waals surface area contributed by atoms with Crippen molar-refractivity contribution in [2.24, 2.45) is 11.5 Å². The van der Waals surface area contributed by atoms with Crippen LogP contribution in [-0.4, -0.2) is 5.91 Å². The fourth-order valence-electron chi connectivity index (χ4n) is 1.34. The number of carbonyl (C=O) groups excluding carboxylic acids is 1. The maximum atomic E-state index is 13.4. The number of benzene rings is 1. The number of rotatable bonds is 3. The van der Waals surface area contributed by atoms with E-state index < -0.39 is 17.8 Å². The van der Waals surface area contributed by atoms with Gasteiger partial charge in [-0.3, -0.25) is 4.79 Å². The summed E-state index contributed by atoms with van der Waals surface area (Å²) in [7, 11) is 0. The molecule has 0 saturated heterocycles. The molecule has 1 aromatic rings. The molecule has 0 radical (unpaired) electrons. The lowest BCUT2D eigenvalue weighted by Crippen LogP contribution is -2.22. The van der Waals surface area contributed by atoms with Crippen LogP contribution in [0.5, 0.6) is 0 Å². The Morgan fingerprint density at radius 2 is 2.20 bits per heavy atom. The second-order valence-corrected chi connectivity index (χ2v) is 3.75. The topological polar surface area (TPSA) is 69.1 Å². The van der Waals surface area contributed by atoms with Crippen LogP contribution in [-0.2, 0) is 4.79 Å². The number of halogens is 2. The van der Waals surface area contributed by atoms with E-state index in [0.717, 1.165) is 0 Å². The van der Waals surface area contributed by atoms with Gasteiger partial charge in [0.05, 0.1) is 5.02 Å². The predicted molar refractivity (Wildman–Crippen MR) is 56.9 cm³/mol. The zero-order valence-electron chi connectivity index (χ0n) is 8.26. The summed E-state index contributed by atoms with van der Waals surface area (Å²) in [5, 5.41) is 0.253. The zero-order chi connectivity index (χ0) is 11.6. The van der Waals surface area contributed by atoms with E-state index in [0.29, 0.717) is 5.56 Å². The van der Waals surface area contributed by atoms with E-state index in [9.17, 15) is 9.18 Å². The van der Waals surface area contributed by atoms with Crippen LogP contribution in [0.1, 0.15) is 23.6 Å². The number of hydrogen-bond donors (Lipinski definition) is 2. The first-order valence-corrected chi connectivity index (χ1v) is 4.79. The van der Waals surface area contributed by atoms with Crippen molar-refractivity contribution in [1.29, 1.82) is 0 Å². The molecule has 0 spiro atoms. The lowest BCUT2D eigenvalue weighted by atomic mass is 10.0. The Balaban J connectivity index is 3.12. The van der Waals surface area contributed by atoms with Crippen molar-refractivity contribution in [3.05, 3.63) is 34.1 Å². The highest BCUT2D eigenvalue weighted by Gasteiger charge is 2.18. The molecule has 3 nitrogen and oxygen atoms in total. The molecular formula is C10H12ClFN2O. The Bertz CT molecular complexity index is 395. The van der Waals surface area contributed by atoms with Crippen LogP contribution in [0.15, 0.2) is 12.1 Å². The molecule has 4 N–H and O–H groups in total. The predicted octanol–water partition coefficient (Wildman–Crippen LogP) is 1.66. The molecule has 0 bridgehead atoms. The van der Waals surface area contributed by atoms with Gasteiger partial charge in [0.1, 0.15) is 5.82 Å². The summed E-state index contributed by atoms with van der Waals surface area (Å²) >= 11 is 5.90.